The fourth-order valence-electron chi connectivity index (χ4n) is 16.0. The Labute approximate surface area is 503 Å². The lowest BCUT2D eigenvalue weighted by molar-refractivity contribution is 0.876. The molecule has 14 aromatic carbocycles. The van der Waals surface area contributed by atoms with Crippen molar-refractivity contribution in [2.24, 2.45) is 0 Å². The van der Waals surface area contributed by atoms with Gasteiger partial charge in [-0.1, -0.05) is 233 Å². The van der Waals surface area contributed by atoms with Crippen LogP contribution in [-0.4, -0.2) is 13.4 Å². The highest BCUT2D eigenvalue weighted by atomic mass is 15.2. The summed E-state index contributed by atoms with van der Waals surface area (Å²) in [6.45, 7) is 9.62. The summed E-state index contributed by atoms with van der Waals surface area (Å²) in [5.41, 5.74) is 33.3. The molecule has 0 aliphatic carbocycles. The third-order valence-corrected chi connectivity index (χ3v) is 19.7. The predicted octanol–water partition coefficient (Wildman–Crippen LogP) is 18.1. The van der Waals surface area contributed by atoms with E-state index in [0.29, 0.717) is 0 Å². The number of benzene rings is 14. The molecule has 0 aromatic heterocycles. The predicted molar refractivity (Wildman–Crippen MR) is 370 cm³/mol. The molecule has 0 saturated heterocycles. The molecule has 0 amide bonds. The first-order chi connectivity index (χ1) is 42.3. The minimum atomic E-state index is -0.0367. The van der Waals surface area contributed by atoms with E-state index < -0.39 is 0 Å². The zero-order valence-corrected chi connectivity index (χ0v) is 48.6. The van der Waals surface area contributed by atoms with Crippen LogP contribution in [0.15, 0.2) is 267 Å². The molecule has 14 aromatic rings. The van der Waals surface area contributed by atoms with Gasteiger partial charge in [0.25, 0.3) is 0 Å². The van der Waals surface area contributed by atoms with Crippen LogP contribution in [0.25, 0.3) is 99.1 Å². The Morgan fingerprint density at radius 1 is 0.256 bits per heavy atom. The van der Waals surface area contributed by atoms with Crippen molar-refractivity contribution >= 4 is 113 Å². The molecule has 4 heteroatoms. The fraction of sp³-hybridized carbons (Fsp3) is 0.0732. The first kappa shape index (κ1) is 49.3. The lowest BCUT2D eigenvalue weighted by Crippen LogP contribution is -2.60. The first-order valence-corrected chi connectivity index (χ1v) is 30.8. The standard InChI is InChI=1S/C82H58B2N2/c1-49(2)61-45-63-67-39-57(53-27-15-7-16-28-53)43-75-81(67)84(70-38-36-56(52-25-13-6-14-26-52)42-74(70)85(75)59-31-19-9-20-32-59)72-48-66-62(50(3)4)46-64-68-40-58(54-29-17-8-18-30-54)44-76-82(68)83(71-47-65(61)79(77(63)72)80(66)78(64)71)69-37-35-55(51-23-11-5-12-24-51)41-73(69)86(76)60-33-21-10-22-34-60/h5-50H,1-4H3. The normalized spacial score (nSPS) is 13.2. The molecular weight excluding hydrogens is 1030 g/mol. The fourth-order valence-corrected chi connectivity index (χ4v) is 16.0. The van der Waals surface area contributed by atoms with E-state index in [-0.39, 0.29) is 25.3 Å². The lowest BCUT2D eigenvalue weighted by Gasteiger charge is -2.43. The lowest BCUT2D eigenvalue weighted by atomic mass is 9.31. The second kappa shape index (κ2) is 18.7. The number of para-hydroxylation sites is 2. The highest BCUT2D eigenvalue weighted by Crippen LogP contribution is 2.53. The topological polar surface area (TPSA) is 6.48 Å². The summed E-state index contributed by atoms with van der Waals surface area (Å²) in [7, 11) is 0. The molecule has 4 heterocycles. The van der Waals surface area contributed by atoms with Crippen molar-refractivity contribution in [3.8, 4) is 66.8 Å². The van der Waals surface area contributed by atoms with Gasteiger partial charge in [0.2, 0.25) is 13.4 Å². The molecule has 0 bridgehead atoms. The van der Waals surface area contributed by atoms with Crippen molar-refractivity contribution in [3.63, 3.8) is 0 Å². The van der Waals surface area contributed by atoms with Crippen molar-refractivity contribution in [3.05, 3.63) is 278 Å². The maximum absolute atomic E-state index is 2.70. The number of nitrogens with zero attached hydrogens (tertiary/aromatic N) is 2. The average Bonchev–Trinajstić information content (AvgIpc) is 0.686. The summed E-state index contributed by atoms with van der Waals surface area (Å²) >= 11 is 0. The second-order valence-corrected chi connectivity index (χ2v) is 25.0. The number of rotatable bonds is 8. The molecule has 0 N–H and O–H groups in total. The maximum atomic E-state index is 2.70. The van der Waals surface area contributed by atoms with Crippen LogP contribution in [0.4, 0.5) is 34.1 Å². The largest absolute Gasteiger partial charge is 0.311 e. The SMILES string of the molecule is CC(C)c1cc2c3c(cc4c(C(C)C)cc5c6c(cc1c3c46)B1c3ccc(-c4ccccc4)cc3N(c3ccccc3)c3cc(-c4ccccc4)cc-5c31)B1c3ccc(-c4ccccc4)cc3N(c3ccccc3)c3cc(-c4ccccc4)cc-2c31. The van der Waals surface area contributed by atoms with Crippen LogP contribution in [0.3, 0.4) is 0 Å². The van der Waals surface area contributed by atoms with Gasteiger partial charge in [0.15, 0.2) is 0 Å². The van der Waals surface area contributed by atoms with Crippen LogP contribution >= 0.6 is 0 Å². The Morgan fingerprint density at radius 3 is 0.930 bits per heavy atom. The van der Waals surface area contributed by atoms with Crippen LogP contribution in [0, 0.1) is 0 Å². The molecular formula is C82H58B2N2. The van der Waals surface area contributed by atoms with Gasteiger partial charge in [-0.05, 0) is 217 Å². The van der Waals surface area contributed by atoms with Gasteiger partial charge < -0.3 is 9.80 Å². The van der Waals surface area contributed by atoms with Crippen LogP contribution in [0.1, 0.15) is 50.7 Å². The van der Waals surface area contributed by atoms with Crippen molar-refractivity contribution in [2.45, 2.75) is 39.5 Å². The molecule has 0 saturated carbocycles. The van der Waals surface area contributed by atoms with Crippen molar-refractivity contribution in [1.82, 2.24) is 0 Å². The van der Waals surface area contributed by atoms with Gasteiger partial charge in [0.1, 0.15) is 0 Å². The third kappa shape index (κ3) is 7.05. The monoisotopic (exact) mass is 1090 g/mol. The van der Waals surface area contributed by atoms with Crippen LogP contribution in [-0.2, 0) is 0 Å². The molecule has 0 radical (unpaired) electrons. The van der Waals surface area contributed by atoms with E-state index in [0.717, 1.165) is 11.4 Å². The van der Waals surface area contributed by atoms with Crippen LogP contribution < -0.4 is 42.6 Å². The molecule has 86 heavy (non-hydrogen) atoms. The Hall–Kier alpha value is -10.2. The van der Waals surface area contributed by atoms with Crippen molar-refractivity contribution < 1.29 is 0 Å². The molecule has 2 nitrogen and oxygen atoms in total. The van der Waals surface area contributed by atoms with E-state index in [9.17, 15) is 0 Å². The van der Waals surface area contributed by atoms with Gasteiger partial charge in [-0.3, -0.25) is 0 Å². The smallest absolute Gasteiger partial charge is 0.248 e. The summed E-state index contributed by atoms with van der Waals surface area (Å²) in [6, 6.07) is 102. The molecule has 4 aliphatic rings. The zero-order valence-electron chi connectivity index (χ0n) is 48.6. The number of anilines is 6. The number of hydrogen-bond donors (Lipinski definition) is 0. The minimum Gasteiger partial charge on any atom is -0.311 e. The molecule has 0 atom stereocenters. The Bertz CT molecular complexity index is 4780. The summed E-state index contributed by atoms with van der Waals surface area (Å²) in [4.78, 5) is 5.16. The Kier molecular flexibility index (Phi) is 10.7. The average molecular weight is 1090 g/mol. The maximum Gasteiger partial charge on any atom is 0.248 e. The second-order valence-electron chi connectivity index (χ2n) is 25.0. The summed E-state index contributed by atoms with van der Waals surface area (Å²) in [5, 5.41) is 8.37. The molecule has 18 rings (SSSR count). The van der Waals surface area contributed by atoms with Gasteiger partial charge in [-0.25, -0.2) is 0 Å². The van der Waals surface area contributed by atoms with Crippen molar-refractivity contribution in [1.29, 1.82) is 0 Å². The van der Waals surface area contributed by atoms with Gasteiger partial charge in [-0.2, -0.15) is 0 Å². The van der Waals surface area contributed by atoms with E-state index in [2.05, 4.69) is 304 Å². The summed E-state index contributed by atoms with van der Waals surface area (Å²) in [6.07, 6.45) is 0. The quantitative estimate of drug-likeness (QED) is 0.111. The van der Waals surface area contributed by atoms with E-state index in [1.54, 1.807) is 0 Å². The molecule has 0 fully saturated rings. The number of hydrogen-bond acceptors (Lipinski definition) is 2. The van der Waals surface area contributed by atoms with E-state index in [1.807, 2.05) is 0 Å². The summed E-state index contributed by atoms with van der Waals surface area (Å²) in [5.74, 6) is 0.472. The number of fused-ring (bicyclic) bond motifs is 8. The Morgan fingerprint density at radius 2 is 0.581 bits per heavy atom. The van der Waals surface area contributed by atoms with Crippen LogP contribution in [0.2, 0.25) is 0 Å². The highest BCUT2D eigenvalue weighted by Gasteiger charge is 2.46. The minimum absolute atomic E-state index is 0.0367. The van der Waals surface area contributed by atoms with Gasteiger partial charge >= 0.3 is 0 Å². The molecule has 0 spiro atoms. The molecule has 4 aliphatic heterocycles. The Balaban J connectivity index is 1.00. The van der Waals surface area contributed by atoms with Gasteiger partial charge in [0, 0.05) is 34.1 Å². The van der Waals surface area contributed by atoms with E-state index in [1.165, 1.54) is 166 Å². The van der Waals surface area contributed by atoms with Gasteiger partial charge in [-0.15, -0.1) is 0 Å². The van der Waals surface area contributed by atoms with Crippen molar-refractivity contribution in [2.75, 3.05) is 9.80 Å². The zero-order chi connectivity index (χ0) is 57.1. The van der Waals surface area contributed by atoms with E-state index >= 15 is 0 Å². The summed E-state index contributed by atoms with van der Waals surface area (Å²) < 4.78 is 0. The van der Waals surface area contributed by atoms with Gasteiger partial charge in [0.05, 0.1) is 0 Å². The molecule has 402 valence electrons. The third-order valence-electron chi connectivity index (χ3n) is 19.7. The first-order valence-electron chi connectivity index (χ1n) is 30.8. The van der Waals surface area contributed by atoms with E-state index in [4.69, 9.17) is 0 Å². The van der Waals surface area contributed by atoms with Crippen LogP contribution in [0.5, 0.6) is 0 Å². The highest BCUT2D eigenvalue weighted by molar-refractivity contribution is 7.02. The molecule has 0 unspecified atom stereocenters.